The van der Waals surface area contributed by atoms with Gasteiger partial charge in [0.15, 0.2) is 0 Å². The standard InChI is InChI=1S/C19H22N4O/c1-13-8-9-14(12-23(2)3)10-17(13)20-19(24)11-18-15-6-4-5-7-16(15)21-22-18/h4-10H,11-12H2,1-3H3,(H,20,24)(H,21,22). The summed E-state index contributed by atoms with van der Waals surface area (Å²) in [6, 6.07) is 14.0. The molecule has 0 spiro atoms. The molecular weight excluding hydrogens is 300 g/mol. The van der Waals surface area contributed by atoms with E-state index in [4.69, 9.17) is 0 Å². The highest BCUT2D eigenvalue weighted by Gasteiger charge is 2.11. The van der Waals surface area contributed by atoms with Crippen LogP contribution < -0.4 is 5.32 Å². The minimum atomic E-state index is -0.0468. The number of benzene rings is 2. The van der Waals surface area contributed by atoms with Crippen LogP contribution in [0.1, 0.15) is 16.8 Å². The second kappa shape index (κ2) is 6.84. The maximum atomic E-state index is 12.4. The summed E-state index contributed by atoms with van der Waals surface area (Å²) >= 11 is 0. The molecule has 5 heteroatoms. The number of aryl methyl sites for hydroxylation is 1. The predicted molar refractivity (Wildman–Crippen MR) is 97.0 cm³/mol. The fourth-order valence-electron chi connectivity index (χ4n) is 2.77. The average molecular weight is 322 g/mol. The number of carbonyl (C=O) groups is 1. The van der Waals surface area contributed by atoms with Gasteiger partial charge < -0.3 is 10.2 Å². The van der Waals surface area contributed by atoms with Gasteiger partial charge in [-0.3, -0.25) is 9.89 Å². The van der Waals surface area contributed by atoms with Crippen LogP contribution in [0.3, 0.4) is 0 Å². The highest BCUT2D eigenvalue weighted by atomic mass is 16.1. The third kappa shape index (κ3) is 3.63. The normalized spacial score (nSPS) is 11.2. The fraction of sp³-hybridized carbons (Fsp3) is 0.263. The van der Waals surface area contributed by atoms with E-state index in [1.165, 1.54) is 5.56 Å². The van der Waals surface area contributed by atoms with Crippen molar-refractivity contribution in [1.82, 2.24) is 15.1 Å². The summed E-state index contributed by atoms with van der Waals surface area (Å²) in [5, 5.41) is 11.2. The zero-order valence-corrected chi connectivity index (χ0v) is 14.3. The van der Waals surface area contributed by atoms with Crippen molar-refractivity contribution in [2.75, 3.05) is 19.4 Å². The van der Waals surface area contributed by atoms with Crippen LogP contribution in [0.5, 0.6) is 0 Å². The summed E-state index contributed by atoms with van der Waals surface area (Å²) in [6.07, 6.45) is 0.276. The average Bonchev–Trinajstić information content (AvgIpc) is 2.93. The Kier molecular flexibility index (Phi) is 4.62. The molecule has 0 bridgehead atoms. The lowest BCUT2D eigenvalue weighted by Crippen LogP contribution is -2.16. The Morgan fingerprint density at radius 1 is 1.21 bits per heavy atom. The molecule has 0 radical (unpaired) electrons. The van der Waals surface area contributed by atoms with Crippen LogP contribution in [0.4, 0.5) is 5.69 Å². The number of anilines is 1. The van der Waals surface area contributed by atoms with Crippen molar-refractivity contribution in [2.24, 2.45) is 0 Å². The lowest BCUT2D eigenvalue weighted by Gasteiger charge is -2.13. The Labute approximate surface area is 141 Å². The molecule has 2 N–H and O–H groups in total. The first kappa shape index (κ1) is 16.2. The van der Waals surface area contributed by atoms with Crippen LogP contribution >= 0.6 is 0 Å². The first-order valence-corrected chi connectivity index (χ1v) is 7.99. The maximum Gasteiger partial charge on any atom is 0.230 e. The molecule has 0 fully saturated rings. The van der Waals surface area contributed by atoms with Gasteiger partial charge in [-0.2, -0.15) is 5.10 Å². The van der Waals surface area contributed by atoms with Crippen molar-refractivity contribution in [1.29, 1.82) is 0 Å². The summed E-state index contributed by atoms with van der Waals surface area (Å²) in [6.45, 7) is 2.84. The van der Waals surface area contributed by atoms with Gasteiger partial charge in [0.25, 0.3) is 0 Å². The zero-order valence-electron chi connectivity index (χ0n) is 14.3. The third-order valence-electron chi connectivity index (χ3n) is 3.95. The van der Waals surface area contributed by atoms with Crippen molar-refractivity contribution in [3.05, 3.63) is 59.3 Å². The molecule has 0 atom stereocenters. The van der Waals surface area contributed by atoms with Crippen LogP contribution in [0.25, 0.3) is 10.9 Å². The smallest absolute Gasteiger partial charge is 0.230 e. The van der Waals surface area contributed by atoms with E-state index in [1.807, 2.05) is 57.4 Å². The van der Waals surface area contributed by atoms with Crippen molar-refractivity contribution in [3.8, 4) is 0 Å². The summed E-state index contributed by atoms with van der Waals surface area (Å²) < 4.78 is 0. The van der Waals surface area contributed by atoms with Crippen LogP contribution in [0.15, 0.2) is 42.5 Å². The number of fused-ring (bicyclic) bond motifs is 1. The van der Waals surface area contributed by atoms with Gasteiger partial charge in [-0.1, -0.05) is 30.3 Å². The van der Waals surface area contributed by atoms with Crippen LogP contribution in [0, 0.1) is 6.92 Å². The predicted octanol–water partition coefficient (Wildman–Crippen LogP) is 3.11. The monoisotopic (exact) mass is 322 g/mol. The summed E-state index contributed by atoms with van der Waals surface area (Å²) in [5.74, 6) is -0.0468. The fourth-order valence-corrected chi connectivity index (χ4v) is 2.77. The third-order valence-corrected chi connectivity index (χ3v) is 3.95. The van der Waals surface area contributed by atoms with Crippen LogP contribution in [-0.2, 0) is 17.8 Å². The van der Waals surface area contributed by atoms with E-state index in [-0.39, 0.29) is 12.3 Å². The van der Waals surface area contributed by atoms with Gasteiger partial charge in [-0.25, -0.2) is 0 Å². The van der Waals surface area contributed by atoms with E-state index in [2.05, 4.69) is 26.5 Å². The number of amides is 1. The lowest BCUT2D eigenvalue weighted by atomic mass is 10.1. The van der Waals surface area contributed by atoms with Crippen molar-refractivity contribution in [2.45, 2.75) is 19.9 Å². The zero-order chi connectivity index (χ0) is 17.1. The van der Waals surface area contributed by atoms with Crippen molar-refractivity contribution in [3.63, 3.8) is 0 Å². The first-order valence-electron chi connectivity index (χ1n) is 7.99. The summed E-state index contributed by atoms with van der Waals surface area (Å²) in [5.41, 5.74) is 4.81. The Morgan fingerprint density at radius 3 is 2.79 bits per heavy atom. The molecule has 3 aromatic rings. The number of H-pyrrole nitrogens is 1. The molecule has 1 aromatic heterocycles. The number of hydrogen-bond donors (Lipinski definition) is 2. The molecule has 0 unspecified atom stereocenters. The van der Waals surface area contributed by atoms with Gasteiger partial charge in [0.1, 0.15) is 0 Å². The highest BCUT2D eigenvalue weighted by Crippen LogP contribution is 2.19. The molecule has 0 aliphatic rings. The minimum Gasteiger partial charge on any atom is -0.325 e. The SMILES string of the molecule is Cc1ccc(CN(C)C)cc1NC(=O)Cc1[nH]nc2ccccc12. The van der Waals surface area contributed by atoms with Gasteiger partial charge >= 0.3 is 0 Å². The van der Waals surface area contributed by atoms with Crippen molar-refractivity contribution >= 4 is 22.5 Å². The van der Waals surface area contributed by atoms with Gasteiger partial charge in [-0.05, 0) is 44.3 Å². The molecule has 1 heterocycles. The van der Waals surface area contributed by atoms with E-state index >= 15 is 0 Å². The minimum absolute atomic E-state index is 0.0468. The molecule has 3 rings (SSSR count). The van der Waals surface area contributed by atoms with E-state index in [9.17, 15) is 4.79 Å². The number of nitrogens with one attached hydrogen (secondary N) is 2. The highest BCUT2D eigenvalue weighted by molar-refractivity contribution is 5.95. The molecule has 1 amide bonds. The van der Waals surface area contributed by atoms with Gasteiger partial charge in [0.05, 0.1) is 17.6 Å². The largest absolute Gasteiger partial charge is 0.325 e. The Hall–Kier alpha value is -2.66. The number of rotatable bonds is 5. The maximum absolute atomic E-state index is 12.4. The molecular formula is C19H22N4O. The number of aromatic nitrogens is 2. The van der Waals surface area contributed by atoms with E-state index in [0.29, 0.717) is 0 Å². The van der Waals surface area contributed by atoms with E-state index < -0.39 is 0 Å². The summed E-state index contributed by atoms with van der Waals surface area (Å²) in [7, 11) is 4.06. The molecule has 0 saturated heterocycles. The molecule has 0 aliphatic carbocycles. The Morgan fingerprint density at radius 2 is 2.00 bits per heavy atom. The number of hydrogen-bond acceptors (Lipinski definition) is 3. The van der Waals surface area contributed by atoms with E-state index in [0.717, 1.165) is 34.4 Å². The molecule has 0 saturated carbocycles. The number of aromatic amines is 1. The Balaban J connectivity index is 1.75. The van der Waals surface area contributed by atoms with Gasteiger partial charge in [0, 0.05) is 17.6 Å². The molecule has 5 nitrogen and oxygen atoms in total. The molecule has 24 heavy (non-hydrogen) atoms. The second-order valence-corrected chi connectivity index (χ2v) is 6.33. The van der Waals surface area contributed by atoms with E-state index in [1.54, 1.807) is 0 Å². The quantitative estimate of drug-likeness (QED) is 0.759. The lowest BCUT2D eigenvalue weighted by molar-refractivity contribution is -0.115. The van der Waals surface area contributed by atoms with Crippen molar-refractivity contribution < 1.29 is 4.79 Å². The van der Waals surface area contributed by atoms with Crippen LogP contribution in [-0.4, -0.2) is 35.1 Å². The topological polar surface area (TPSA) is 61.0 Å². The number of para-hydroxylation sites is 1. The second-order valence-electron chi connectivity index (χ2n) is 6.33. The number of carbonyl (C=O) groups excluding carboxylic acids is 1. The van der Waals surface area contributed by atoms with Crippen LogP contribution in [0.2, 0.25) is 0 Å². The first-order chi connectivity index (χ1) is 11.5. The van der Waals surface area contributed by atoms with Gasteiger partial charge in [0.2, 0.25) is 5.91 Å². The molecule has 124 valence electrons. The molecule has 0 aliphatic heterocycles. The van der Waals surface area contributed by atoms with Gasteiger partial charge in [-0.15, -0.1) is 0 Å². The Bertz CT molecular complexity index is 867. The summed E-state index contributed by atoms with van der Waals surface area (Å²) in [4.78, 5) is 14.5. The number of nitrogens with zero attached hydrogens (tertiary/aromatic N) is 2. The molecule has 2 aromatic carbocycles.